The maximum Gasteiger partial charge on any atom is 0.307 e. The summed E-state index contributed by atoms with van der Waals surface area (Å²) in [4.78, 5) is 20.1. The molecule has 5 rings (SSSR count). The normalized spacial score (nSPS) is 11.7. The number of H-pyrrole nitrogens is 1. The van der Waals surface area contributed by atoms with E-state index < -0.39 is 5.91 Å². The number of nitrogens with zero attached hydrogens (tertiary/aromatic N) is 2. The summed E-state index contributed by atoms with van der Waals surface area (Å²) in [5, 5.41) is 6.13. The summed E-state index contributed by atoms with van der Waals surface area (Å²) in [5.41, 5.74) is 4.90. The molecule has 0 aliphatic rings. The van der Waals surface area contributed by atoms with Crippen LogP contribution in [0.3, 0.4) is 0 Å². The number of halogens is 2. The lowest BCUT2D eigenvalue weighted by atomic mass is 10.2. The molecule has 5 aromatic rings. The second-order valence-corrected chi connectivity index (χ2v) is 9.20. The Morgan fingerprint density at radius 3 is 2.87 bits per heavy atom. The number of aromatic nitrogens is 2. The quantitative estimate of drug-likeness (QED) is 0.193. The average Bonchev–Trinajstić information content (AvgIpc) is 3.45. The predicted octanol–water partition coefficient (Wildman–Crippen LogP) is 6.34. The molecule has 10 heteroatoms. The summed E-state index contributed by atoms with van der Waals surface area (Å²) in [6, 6.07) is 16.8. The second-order valence-electron chi connectivity index (χ2n) is 6.43. The highest BCUT2D eigenvalue weighted by Gasteiger charge is 2.14. The van der Waals surface area contributed by atoms with Crippen molar-refractivity contribution >= 4 is 77.7 Å². The average molecular weight is 560 g/mol. The Bertz CT molecular complexity index is 1420. The highest BCUT2D eigenvalue weighted by atomic mass is 79.9. The smallest absolute Gasteiger partial charge is 0.307 e. The van der Waals surface area contributed by atoms with E-state index in [-0.39, 0.29) is 5.76 Å². The molecule has 154 valence electrons. The van der Waals surface area contributed by atoms with Crippen LogP contribution in [0.5, 0.6) is 0 Å². The van der Waals surface area contributed by atoms with Crippen LogP contribution >= 0.6 is 43.6 Å². The van der Waals surface area contributed by atoms with Crippen molar-refractivity contribution in [2.75, 3.05) is 0 Å². The maximum absolute atomic E-state index is 12.3. The second kappa shape index (κ2) is 8.37. The minimum Gasteiger partial charge on any atom is -0.450 e. The van der Waals surface area contributed by atoms with Crippen LogP contribution in [0.25, 0.3) is 22.0 Å². The summed E-state index contributed by atoms with van der Waals surface area (Å²) < 4.78 is 13.0. The first-order valence-corrected chi connectivity index (χ1v) is 11.4. The number of rotatable bonds is 5. The van der Waals surface area contributed by atoms with Crippen molar-refractivity contribution in [1.29, 1.82) is 0 Å². The molecule has 2 aromatic carbocycles. The van der Waals surface area contributed by atoms with Crippen molar-refractivity contribution in [3.8, 4) is 0 Å². The number of para-hydroxylation sites is 2. The molecule has 31 heavy (non-hydrogen) atoms. The van der Waals surface area contributed by atoms with Gasteiger partial charge in [-0.25, -0.2) is 10.4 Å². The first kappa shape index (κ1) is 20.1. The van der Waals surface area contributed by atoms with Gasteiger partial charge in [-0.15, -0.1) is 0 Å². The molecule has 0 spiro atoms. The first-order chi connectivity index (χ1) is 15.0. The van der Waals surface area contributed by atoms with Crippen LogP contribution in [-0.4, -0.2) is 22.1 Å². The molecular weight excluding hydrogens is 548 g/mol. The first-order valence-electron chi connectivity index (χ1n) is 8.99. The van der Waals surface area contributed by atoms with Gasteiger partial charge in [0.1, 0.15) is 11.3 Å². The van der Waals surface area contributed by atoms with E-state index in [1.807, 2.05) is 42.5 Å². The lowest BCUT2D eigenvalue weighted by Crippen LogP contribution is -2.16. The molecule has 0 bridgehead atoms. The maximum atomic E-state index is 12.3. The zero-order valence-corrected chi connectivity index (χ0v) is 19.5. The molecule has 0 aliphatic heterocycles. The number of fused-ring (bicyclic) bond motifs is 2. The van der Waals surface area contributed by atoms with Crippen LogP contribution in [0, 0.1) is 0 Å². The van der Waals surface area contributed by atoms with Gasteiger partial charge in [0.2, 0.25) is 0 Å². The molecule has 0 unspecified atom stereocenters. The van der Waals surface area contributed by atoms with E-state index in [9.17, 15) is 4.79 Å². The van der Waals surface area contributed by atoms with E-state index in [1.54, 1.807) is 12.1 Å². The minimum absolute atomic E-state index is 0.159. The van der Waals surface area contributed by atoms with Gasteiger partial charge < -0.3 is 13.8 Å². The topological polar surface area (TPSA) is 96.4 Å². The Labute approximate surface area is 196 Å². The summed E-state index contributed by atoms with van der Waals surface area (Å²) in [7, 11) is 0. The highest BCUT2D eigenvalue weighted by Crippen LogP contribution is 2.31. The van der Waals surface area contributed by atoms with Gasteiger partial charge in [-0.05, 0) is 70.2 Å². The van der Waals surface area contributed by atoms with Crippen molar-refractivity contribution in [3.63, 3.8) is 0 Å². The monoisotopic (exact) mass is 558 g/mol. The van der Waals surface area contributed by atoms with E-state index in [0.29, 0.717) is 16.4 Å². The zero-order valence-electron chi connectivity index (χ0n) is 15.6. The molecule has 0 atom stereocenters. The van der Waals surface area contributed by atoms with Crippen molar-refractivity contribution in [2.45, 2.75) is 10.2 Å². The standard InChI is InChI=1S/C21H12Br2N4O3S/c22-12-7-11-8-17(30-19(11)14(23)9-12)20(28)27-24-10-13-5-6-18(29-13)31-21-25-15-3-1-2-4-16(15)26-21/h1-10H,(H,25,26)(H,27,28)/b24-10-. The van der Waals surface area contributed by atoms with Crippen molar-refractivity contribution < 1.29 is 13.6 Å². The number of carbonyl (C=O) groups excluding carboxylic acids is 1. The van der Waals surface area contributed by atoms with E-state index in [2.05, 4.69) is 52.4 Å². The third kappa shape index (κ3) is 4.32. The molecule has 0 radical (unpaired) electrons. The Balaban J connectivity index is 1.24. The summed E-state index contributed by atoms with van der Waals surface area (Å²) in [5.74, 6) is 0.195. The number of aromatic amines is 1. The molecule has 1 amide bonds. The molecule has 3 heterocycles. The van der Waals surface area contributed by atoms with E-state index in [0.717, 1.165) is 30.5 Å². The highest BCUT2D eigenvalue weighted by molar-refractivity contribution is 9.11. The van der Waals surface area contributed by atoms with Gasteiger partial charge in [0, 0.05) is 9.86 Å². The van der Waals surface area contributed by atoms with E-state index in [4.69, 9.17) is 8.83 Å². The Kier molecular flexibility index (Phi) is 5.43. The zero-order chi connectivity index (χ0) is 21.4. The summed E-state index contributed by atoms with van der Waals surface area (Å²) in [6.45, 7) is 0. The van der Waals surface area contributed by atoms with Crippen LogP contribution in [0.2, 0.25) is 0 Å². The molecule has 2 N–H and O–H groups in total. The SMILES string of the molecule is O=C(N/N=C\c1ccc(Sc2nc3ccccc3[nH]2)o1)c1cc2cc(Br)cc(Br)c2o1. The number of hydrogen-bond acceptors (Lipinski definition) is 6. The molecule has 0 aliphatic carbocycles. The Morgan fingerprint density at radius 2 is 2.00 bits per heavy atom. The van der Waals surface area contributed by atoms with Crippen LogP contribution in [-0.2, 0) is 0 Å². The van der Waals surface area contributed by atoms with Crippen molar-refractivity contribution in [1.82, 2.24) is 15.4 Å². The van der Waals surface area contributed by atoms with Gasteiger partial charge in [-0.3, -0.25) is 4.79 Å². The number of imidazole rings is 1. The summed E-state index contributed by atoms with van der Waals surface area (Å²) >= 11 is 8.21. The van der Waals surface area contributed by atoms with E-state index >= 15 is 0 Å². The fourth-order valence-electron chi connectivity index (χ4n) is 2.93. The number of carbonyl (C=O) groups is 1. The van der Waals surface area contributed by atoms with Gasteiger partial charge in [0.25, 0.3) is 0 Å². The van der Waals surface area contributed by atoms with Crippen molar-refractivity contribution in [3.05, 3.63) is 75.1 Å². The Morgan fingerprint density at radius 1 is 1.13 bits per heavy atom. The van der Waals surface area contributed by atoms with Crippen LogP contribution in [0.1, 0.15) is 16.3 Å². The minimum atomic E-state index is -0.459. The molecule has 7 nitrogen and oxygen atoms in total. The van der Waals surface area contributed by atoms with Crippen molar-refractivity contribution in [2.24, 2.45) is 5.10 Å². The van der Waals surface area contributed by atoms with Gasteiger partial charge in [-0.2, -0.15) is 5.10 Å². The molecular formula is C21H12Br2N4O3S. The number of hydrogen-bond donors (Lipinski definition) is 2. The molecule has 3 aromatic heterocycles. The molecule has 0 saturated heterocycles. The predicted molar refractivity (Wildman–Crippen MR) is 126 cm³/mol. The number of nitrogens with one attached hydrogen (secondary N) is 2. The third-order valence-electron chi connectivity index (χ3n) is 4.28. The van der Waals surface area contributed by atoms with Gasteiger partial charge in [-0.1, -0.05) is 28.1 Å². The summed E-state index contributed by atoms with van der Waals surface area (Å²) in [6.07, 6.45) is 1.43. The van der Waals surface area contributed by atoms with Crippen LogP contribution in [0.4, 0.5) is 0 Å². The van der Waals surface area contributed by atoms with Crippen LogP contribution < -0.4 is 5.43 Å². The number of benzene rings is 2. The van der Waals surface area contributed by atoms with Gasteiger partial charge in [0.15, 0.2) is 16.0 Å². The van der Waals surface area contributed by atoms with E-state index in [1.165, 1.54) is 18.0 Å². The van der Waals surface area contributed by atoms with Gasteiger partial charge >= 0.3 is 5.91 Å². The Hall–Kier alpha value is -2.82. The fraction of sp³-hybridized carbons (Fsp3) is 0. The third-order valence-corrected chi connectivity index (χ3v) is 6.14. The largest absolute Gasteiger partial charge is 0.450 e. The molecule has 0 saturated carbocycles. The van der Waals surface area contributed by atoms with Crippen LogP contribution in [0.15, 0.2) is 87.7 Å². The molecule has 0 fully saturated rings. The number of amides is 1. The number of hydrazone groups is 1. The number of furan rings is 2. The lowest BCUT2D eigenvalue weighted by Gasteiger charge is -1.95. The lowest BCUT2D eigenvalue weighted by molar-refractivity contribution is 0.0929. The fourth-order valence-corrected chi connectivity index (χ4v) is 5.04. The van der Waals surface area contributed by atoms with Gasteiger partial charge in [0.05, 0.1) is 21.7 Å².